The SMILES string of the molecule is CCOP(=O)(C=C(c1cc(Br)cc2c1NC(OC)C(OC)N2)P(=O)(OCC)OCC)OCC. The Morgan fingerprint density at radius 1 is 0.909 bits per heavy atom. The van der Waals surface area contributed by atoms with Gasteiger partial charge >= 0.3 is 15.2 Å². The summed E-state index contributed by atoms with van der Waals surface area (Å²) in [6.07, 6.45) is -1.05. The van der Waals surface area contributed by atoms with Gasteiger partial charge in [0.15, 0.2) is 12.5 Å². The number of nitrogens with one attached hydrogen (secondary N) is 2. The third-order valence-corrected chi connectivity index (χ3v) is 9.17. The molecule has 1 aliphatic heterocycles. The molecule has 0 fully saturated rings. The minimum Gasteiger partial charge on any atom is -0.357 e. The maximum absolute atomic E-state index is 14.0. The molecule has 2 atom stereocenters. The molecule has 0 saturated carbocycles. The van der Waals surface area contributed by atoms with Crippen LogP contribution in [0.2, 0.25) is 0 Å². The van der Waals surface area contributed by atoms with Crippen LogP contribution >= 0.6 is 31.1 Å². The molecule has 0 aromatic heterocycles. The summed E-state index contributed by atoms with van der Waals surface area (Å²) in [5, 5.41) is 6.56. The van der Waals surface area contributed by atoms with E-state index in [9.17, 15) is 9.13 Å². The molecule has 1 aliphatic rings. The lowest BCUT2D eigenvalue weighted by Crippen LogP contribution is -2.45. The molecule has 2 N–H and O–H groups in total. The average Bonchev–Trinajstić information content (AvgIpc) is 2.76. The van der Waals surface area contributed by atoms with Crippen LogP contribution in [0.3, 0.4) is 0 Å². The van der Waals surface area contributed by atoms with Gasteiger partial charge in [-0.05, 0) is 39.8 Å². The van der Waals surface area contributed by atoms with Gasteiger partial charge in [0.1, 0.15) is 0 Å². The zero-order chi connectivity index (χ0) is 24.6. The van der Waals surface area contributed by atoms with Crippen LogP contribution in [0.1, 0.15) is 33.3 Å². The molecule has 1 aromatic rings. The lowest BCUT2D eigenvalue weighted by Gasteiger charge is -2.36. The Morgan fingerprint density at radius 2 is 1.42 bits per heavy atom. The van der Waals surface area contributed by atoms with Crippen molar-refractivity contribution in [1.29, 1.82) is 0 Å². The topological polar surface area (TPSA) is 114 Å². The fourth-order valence-corrected chi connectivity index (χ4v) is 7.65. The maximum atomic E-state index is 14.0. The van der Waals surface area contributed by atoms with E-state index in [1.807, 2.05) is 6.07 Å². The number of fused-ring (bicyclic) bond motifs is 1. The summed E-state index contributed by atoms with van der Waals surface area (Å²) in [6, 6.07) is 3.56. The Kier molecular flexibility index (Phi) is 11.1. The van der Waals surface area contributed by atoms with Crippen LogP contribution in [0.25, 0.3) is 5.31 Å². The predicted molar refractivity (Wildman–Crippen MR) is 133 cm³/mol. The first-order chi connectivity index (χ1) is 15.7. The Balaban J connectivity index is 2.83. The average molecular weight is 571 g/mol. The molecule has 0 radical (unpaired) electrons. The van der Waals surface area contributed by atoms with Crippen LogP contribution in [0.4, 0.5) is 11.4 Å². The standard InChI is InChI=1S/C20H33BrN2O8P2/c1-7-28-32(24,29-8-2)13-17(33(25,30-9-3)31-10-4)15-11-14(21)12-16-18(15)23-20(27-6)19(22-16)26-5/h11-13,19-20,22-23H,7-10H2,1-6H3. The zero-order valence-electron chi connectivity index (χ0n) is 19.8. The molecule has 0 spiro atoms. The smallest absolute Gasteiger partial charge is 0.357 e. The highest BCUT2D eigenvalue weighted by atomic mass is 79.9. The molecular weight excluding hydrogens is 538 g/mol. The van der Waals surface area contributed by atoms with Gasteiger partial charge in [-0.2, -0.15) is 0 Å². The highest BCUT2D eigenvalue weighted by molar-refractivity contribution is 9.10. The number of halogens is 1. The third kappa shape index (κ3) is 6.90. The van der Waals surface area contributed by atoms with Crippen molar-refractivity contribution in [3.05, 3.63) is 28.0 Å². The summed E-state index contributed by atoms with van der Waals surface area (Å²) in [7, 11) is -4.64. The van der Waals surface area contributed by atoms with Crippen LogP contribution in [0.15, 0.2) is 22.4 Å². The molecule has 10 nitrogen and oxygen atoms in total. The molecular formula is C20H33BrN2O8P2. The van der Waals surface area contributed by atoms with Gasteiger partial charge in [0.2, 0.25) is 0 Å². The van der Waals surface area contributed by atoms with Crippen molar-refractivity contribution in [3.63, 3.8) is 0 Å². The van der Waals surface area contributed by atoms with Crippen molar-refractivity contribution < 1.29 is 36.7 Å². The van der Waals surface area contributed by atoms with E-state index in [0.717, 1.165) is 0 Å². The molecule has 1 aromatic carbocycles. The van der Waals surface area contributed by atoms with E-state index < -0.39 is 27.6 Å². The van der Waals surface area contributed by atoms with E-state index >= 15 is 0 Å². The van der Waals surface area contributed by atoms with Crippen molar-refractivity contribution in [1.82, 2.24) is 0 Å². The number of anilines is 2. The monoisotopic (exact) mass is 570 g/mol. The zero-order valence-corrected chi connectivity index (χ0v) is 23.1. The van der Waals surface area contributed by atoms with Crippen LogP contribution in [0.5, 0.6) is 0 Å². The summed E-state index contributed by atoms with van der Waals surface area (Å²) in [5.41, 5.74) is 1.62. The van der Waals surface area contributed by atoms with Crippen molar-refractivity contribution in [2.45, 2.75) is 40.2 Å². The van der Waals surface area contributed by atoms with Gasteiger partial charge in [-0.3, -0.25) is 9.13 Å². The molecule has 2 unspecified atom stereocenters. The van der Waals surface area contributed by atoms with E-state index in [1.165, 1.54) is 12.9 Å². The summed E-state index contributed by atoms with van der Waals surface area (Å²) in [6.45, 7) is 7.28. The van der Waals surface area contributed by atoms with Gasteiger partial charge in [0.05, 0.1) is 43.1 Å². The Hall–Kier alpha value is -0.740. The molecule has 0 aliphatic carbocycles. The van der Waals surface area contributed by atoms with Crippen LogP contribution < -0.4 is 10.6 Å². The molecule has 188 valence electrons. The third-order valence-electron chi connectivity index (χ3n) is 4.54. The van der Waals surface area contributed by atoms with Gasteiger partial charge in [-0.1, -0.05) is 15.9 Å². The predicted octanol–water partition coefficient (Wildman–Crippen LogP) is 6.06. The van der Waals surface area contributed by atoms with Gasteiger partial charge < -0.3 is 38.2 Å². The minimum absolute atomic E-state index is 0.0639. The largest absolute Gasteiger partial charge is 0.362 e. The van der Waals surface area contributed by atoms with Crippen molar-refractivity contribution >= 4 is 47.8 Å². The highest BCUT2D eigenvalue weighted by Crippen LogP contribution is 2.66. The second-order valence-corrected chi connectivity index (χ2v) is 11.5. The number of ether oxygens (including phenoxy) is 2. The number of hydrogen-bond donors (Lipinski definition) is 2. The number of benzene rings is 1. The Bertz CT molecular complexity index is 910. The fraction of sp³-hybridized carbons (Fsp3) is 0.600. The molecule has 33 heavy (non-hydrogen) atoms. The maximum Gasteiger partial charge on any atom is 0.362 e. The van der Waals surface area contributed by atoms with E-state index in [1.54, 1.807) is 40.9 Å². The number of hydrogen-bond acceptors (Lipinski definition) is 10. The summed E-state index contributed by atoms with van der Waals surface area (Å²) >= 11 is 3.50. The van der Waals surface area contributed by atoms with Crippen molar-refractivity contribution in [3.8, 4) is 0 Å². The summed E-state index contributed by atoms with van der Waals surface area (Å²) < 4.78 is 61.3. The lowest BCUT2D eigenvalue weighted by atomic mass is 10.1. The molecule has 1 heterocycles. The summed E-state index contributed by atoms with van der Waals surface area (Å²) in [4.78, 5) is 0. The van der Waals surface area contributed by atoms with Gasteiger partial charge in [-0.25, -0.2) is 0 Å². The normalized spacial score (nSPS) is 19.1. The highest BCUT2D eigenvalue weighted by Gasteiger charge is 2.39. The fourth-order valence-electron chi connectivity index (χ4n) is 3.32. The Labute approximate surface area is 203 Å². The number of rotatable bonds is 13. The first-order valence-electron chi connectivity index (χ1n) is 10.6. The van der Waals surface area contributed by atoms with Gasteiger partial charge in [0.25, 0.3) is 0 Å². The molecule has 0 saturated heterocycles. The number of methoxy groups -OCH3 is 2. The lowest BCUT2D eigenvalue weighted by molar-refractivity contribution is -0.00798. The molecule has 0 amide bonds. The van der Waals surface area contributed by atoms with E-state index in [0.29, 0.717) is 21.4 Å². The quantitative estimate of drug-likeness (QED) is 0.271. The van der Waals surface area contributed by atoms with Crippen LogP contribution in [0, 0.1) is 0 Å². The van der Waals surface area contributed by atoms with Crippen molar-refractivity contribution in [2.75, 3.05) is 51.3 Å². The minimum atomic E-state index is -3.94. The van der Waals surface area contributed by atoms with Gasteiger partial charge in [0, 0.05) is 30.1 Å². The molecule has 0 bridgehead atoms. The van der Waals surface area contributed by atoms with Crippen LogP contribution in [-0.4, -0.2) is 53.1 Å². The van der Waals surface area contributed by atoms with E-state index in [-0.39, 0.29) is 31.7 Å². The van der Waals surface area contributed by atoms with Crippen LogP contribution in [-0.2, 0) is 36.7 Å². The Morgan fingerprint density at radius 3 is 1.91 bits per heavy atom. The first kappa shape index (κ1) is 28.5. The van der Waals surface area contributed by atoms with E-state index in [4.69, 9.17) is 27.6 Å². The van der Waals surface area contributed by atoms with Crippen molar-refractivity contribution in [2.24, 2.45) is 0 Å². The second-order valence-electron chi connectivity index (χ2n) is 6.70. The second kappa shape index (κ2) is 12.8. The molecule has 13 heteroatoms. The molecule has 2 rings (SSSR count). The summed E-state index contributed by atoms with van der Waals surface area (Å²) in [5.74, 6) is 1.24. The van der Waals surface area contributed by atoms with Gasteiger partial charge in [-0.15, -0.1) is 0 Å². The first-order valence-corrected chi connectivity index (χ1v) is 14.6. The van der Waals surface area contributed by atoms with E-state index in [2.05, 4.69) is 26.6 Å².